The second kappa shape index (κ2) is 8.44. The third kappa shape index (κ3) is 3.97. The predicted molar refractivity (Wildman–Crippen MR) is 114 cm³/mol. The van der Waals surface area contributed by atoms with Crippen molar-refractivity contribution in [2.24, 2.45) is 0 Å². The van der Waals surface area contributed by atoms with E-state index in [4.69, 9.17) is 32.7 Å². The highest BCUT2D eigenvalue weighted by molar-refractivity contribution is 6.35. The standard InChI is InChI=1S/C23H21Cl2NO2/c1-27-21-11-16-9-10-26-23(18-8-7-17(24)12-20(18)25)19(16)13-22(21)28-14-15-5-3-2-4-6-15/h2-8,11-13,23,26H,9-10,14H2,1H3. The number of nitrogens with one attached hydrogen (secondary N) is 1. The van der Waals surface area contributed by atoms with Gasteiger partial charge in [-0.15, -0.1) is 0 Å². The van der Waals surface area contributed by atoms with Crippen molar-refractivity contribution >= 4 is 23.2 Å². The van der Waals surface area contributed by atoms with Crippen molar-refractivity contribution in [3.05, 3.63) is 93.0 Å². The Morgan fingerprint density at radius 3 is 2.54 bits per heavy atom. The van der Waals surface area contributed by atoms with Gasteiger partial charge in [-0.25, -0.2) is 0 Å². The molecule has 0 bridgehead atoms. The van der Waals surface area contributed by atoms with Gasteiger partial charge in [-0.05, 0) is 52.9 Å². The van der Waals surface area contributed by atoms with E-state index < -0.39 is 0 Å². The summed E-state index contributed by atoms with van der Waals surface area (Å²) in [6.07, 6.45) is 0.923. The molecule has 1 atom stereocenters. The van der Waals surface area contributed by atoms with Gasteiger partial charge >= 0.3 is 0 Å². The average molecular weight is 414 g/mol. The highest BCUT2D eigenvalue weighted by Crippen LogP contribution is 2.39. The Labute approximate surface area is 175 Å². The Morgan fingerprint density at radius 2 is 1.79 bits per heavy atom. The minimum atomic E-state index is -0.0153. The van der Waals surface area contributed by atoms with Crippen LogP contribution in [0.15, 0.2) is 60.7 Å². The summed E-state index contributed by atoms with van der Waals surface area (Å²) >= 11 is 12.6. The number of halogens is 2. The van der Waals surface area contributed by atoms with Crippen LogP contribution in [0.3, 0.4) is 0 Å². The molecule has 1 unspecified atom stereocenters. The maximum atomic E-state index is 6.49. The van der Waals surface area contributed by atoms with Gasteiger partial charge in [0.05, 0.1) is 13.2 Å². The molecule has 3 aromatic rings. The lowest BCUT2D eigenvalue weighted by molar-refractivity contribution is 0.283. The summed E-state index contributed by atoms with van der Waals surface area (Å²) in [5.41, 5.74) is 4.50. The first-order valence-electron chi connectivity index (χ1n) is 9.21. The summed E-state index contributed by atoms with van der Waals surface area (Å²) < 4.78 is 11.7. The van der Waals surface area contributed by atoms with Crippen LogP contribution in [0.25, 0.3) is 0 Å². The van der Waals surface area contributed by atoms with Crippen molar-refractivity contribution in [1.82, 2.24) is 5.32 Å². The zero-order valence-corrected chi connectivity index (χ0v) is 17.1. The maximum Gasteiger partial charge on any atom is 0.162 e. The number of ether oxygens (including phenoxy) is 2. The number of methoxy groups -OCH3 is 1. The Balaban J connectivity index is 1.69. The fourth-order valence-electron chi connectivity index (χ4n) is 3.58. The molecule has 5 heteroatoms. The van der Waals surface area contributed by atoms with E-state index >= 15 is 0 Å². The van der Waals surface area contributed by atoms with Crippen LogP contribution in [0.5, 0.6) is 11.5 Å². The van der Waals surface area contributed by atoms with Crippen LogP contribution in [-0.4, -0.2) is 13.7 Å². The van der Waals surface area contributed by atoms with Gasteiger partial charge in [-0.1, -0.05) is 59.6 Å². The minimum absolute atomic E-state index is 0.0153. The van der Waals surface area contributed by atoms with Crippen molar-refractivity contribution < 1.29 is 9.47 Å². The monoisotopic (exact) mass is 413 g/mol. The Kier molecular flexibility index (Phi) is 5.77. The first-order valence-corrected chi connectivity index (χ1v) is 9.97. The van der Waals surface area contributed by atoms with Gasteiger partial charge in [0, 0.05) is 16.6 Å². The van der Waals surface area contributed by atoms with E-state index in [-0.39, 0.29) is 6.04 Å². The summed E-state index contributed by atoms with van der Waals surface area (Å²) in [5, 5.41) is 4.85. The van der Waals surface area contributed by atoms with Gasteiger partial charge in [0.2, 0.25) is 0 Å². The molecule has 3 aromatic carbocycles. The van der Waals surface area contributed by atoms with Gasteiger partial charge < -0.3 is 14.8 Å². The fraction of sp³-hybridized carbons (Fsp3) is 0.217. The van der Waals surface area contributed by atoms with E-state index in [2.05, 4.69) is 17.4 Å². The number of hydrogen-bond donors (Lipinski definition) is 1. The lowest BCUT2D eigenvalue weighted by Crippen LogP contribution is -2.30. The minimum Gasteiger partial charge on any atom is -0.493 e. The molecule has 1 aliphatic heterocycles. The largest absolute Gasteiger partial charge is 0.493 e. The molecule has 0 fully saturated rings. The molecule has 1 N–H and O–H groups in total. The highest BCUT2D eigenvalue weighted by Gasteiger charge is 2.25. The molecule has 0 amide bonds. The van der Waals surface area contributed by atoms with Gasteiger partial charge in [0.15, 0.2) is 11.5 Å². The predicted octanol–water partition coefficient (Wildman–Crippen LogP) is 5.82. The molecule has 0 radical (unpaired) electrons. The van der Waals surface area contributed by atoms with Crippen LogP contribution in [0.1, 0.15) is 28.3 Å². The van der Waals surface area contributed by atoms with Crippen molar-refractivity contribution in [2.45, 2.75) is 19.1 Å². The topological polar surface area (TPSA) is 30.5 Å². The van der Waals surface area contributed by atoms with E-state index in [0.29, 0.717) is 16.7 Å². The molecule has 3 nitrogen and oxygen atoms in total. The molecule has 0 saturated heterocycles. The van der Waals surface area contributed by atoms with E-state index in [9.17, 15) is 0 Å². The molecule has 1 heterocycles. The molecular formula is C23H21Cl2NO2. The van der Waals surface area contributed by atoms with Crippen LogP contribution in [0, 0.1) is 0 Å². The lowest BCUT2D eigenvalue weighted by Gasteiger charge is -2.29. The molecule has 144 valence electrons. The van der Waals surface area contributed by atoms with Crippen LogP contribution in [0.4, 0.5) is 0 Å². The van der Waals surface area contributed by atoms with Crippen molar-refractivity contribution in [2.75, 3.05) is 13.7 Å². The van der Waals surface area contributed by atoms with Gasteiger partial charge in [-0.2, -0.15) is 0 Å². The van der Waals surface area contributed by atoms with E-state index in [1.54, 1.807) is 13.2 Å². The van der Waals surface area contributed by atoms with Gasteiger partial charge in [0.1, 0.15) is 6.61 Å². The van der Waals surface area contributed by atoms with Crippen LogP contribution in [-0.2, 0) is 13.0 Å². The number of fused-ring (bicyclic) bond motifs is 1. The molecule has 0 aliphatic carbocycles. The van der Waals surface area contributed by atoms with Crippen molar-refractivity contribution in [1.29, 1.82) is 0 Å². The van der Waals surface area contributed by atoms with Crippen LogP contribution < -0.4 is 14.8 Å². The van der Waals surface area contributed by atoms with E-state index in [1.807, 2.05) is 42.5 Å². The maximum absolute atomic E-state index is 6.49. The average Bonchev–Trinajstić information content (AvgIpc) is 2.72. The SMILES string of the molecule is COc1cc2c(cc1OCc1ccccc1)C(c1ccc(Cl)cc1Cl)NCC2. The lowest BCUT2D eigenvalue weighted by atomic mass is 9.89. The van der Waals surface area contributed by atoms with Crippen LogP contribution >= 0.6 is 23.2 Å². The number of hydrogen-bond acceptors (Lipinski definition) is 3. The summed E-state index contributed by atoms with van der Waals surface area (Å²) in [4.78, 5) is 0. The second-order valence-electron chi connectivity index (χ2n) is 6.78. The molecule has 28 heavy (non-hydrogen) atoms. The Morgan fingerprint density at radius 1 is 0.964 bits per heavy atom. The number of rotatable bonds is 5. The van der Waals surface area contributed by atoms with E-state index in [0.717, 1.165) is 41.2 Å². The zero-order chi connectivity index (χ0) is 19.5. The first-order chi connectivity index (χ1) is 13.7. The summed E-state index contributed by atoms with van der Waals surface area (Å²) in [6, 6.07) is 19.9. The van der Waals surface area contributed by atoms with E-state index in [1.165, 1.54) is 5.56 Å². The highest BCUT2D eigenvalue weighted by atomic mass is 35.5. The molecule has 0 spiro atoms. The molecule has 0 aromatic heterocycles. The summed E-state index contributed by atoms with van der Waals surface area (Å²) in [7, 11) is 1.67. The second-order valence-corrected chi connectivity index (χ2v) is 7.62. The normalized spacial score (nSPS) is 15.8. The van der Waals surface area contributed by atoms with Crippen LogP contribution in [0.2, 0.25) is 10.0 Å². The van der Waals surface area contributed by atoms with Crippen molar-refractivity contribution in [3.63, 3.8) is 0 Å². The Hall–Kier alpha value is -2.20. The van der Waals surface area contributed by atoms with Gasteiger partial charge in [-0.3, -0.25) is 0 Å². The number of benzene rings is 3. The molecule has 1 aliphatic rings. The molecule has 0 saturated carbocycles. The smallest absolute Gasteiger partial charge is 0.162 e. The first kappa shape index (κ1) is 19.1. The van der Waals surface area contributed by atoms with Crippen molar-refractivity contribution in [3.8, 4) is 11.5 Å². The molecular weight excluding hydrogens is 393 g/mol. The third-order valence-electron chi connectivity index (χ3n) is 4.99. The summed E-state index contributed by atoms with van der Waals surface area (Å²) in [6.45, 7) is 1.35. The fourth-order valence-corrected chi connectivity index (χ4v) is 4.10. The van der Waals surface area contributed by atoms with Gasteiger partial charge in [0.25, 0.3) is 0 Å². The quantitative estimate of drug-likeness (QED) is 0.571. The molecule has 4 rings (SSSR count). The summed E-state index contributed by atoms with van der Waals surface area (Å²) in [5.74, 6) is 1.47. The Bertz CT molecular complexity index is 976. The zero-order valence-electron chi connectivity index (χ0n) is 15.5. The third-order valence-corrected chi connectivity index (χ3v) is 5.55.